The van der Waals surface area contributed by atoms with Crippen LogP contribution in [0.1, 0.15) is 33.6 Å². The van der Waals surface area contributed by atoms with Gasteiger partial charge in [0.05, 0.1) is 25.2 Å². The van der Waals surface area contributed by atoms with Crippen molar-refractivity contribution in [2.45, 2.75) is 51.4 Å². The minimum atomic E-state index is -0.611. The first-order chi connectivity index (χ1) is 10.00. The van der Waals surface area contributed by atoms with Crippen LogP contribution in [-0.2, 0) is 19.1 Å². The second kappa shape index (κ2) is 5.13. The first kappa shape index (κ1) is 14.6. The third-order valence-electron chi connectivity index (χ3n) is 4.77. The van der Waals surface area contributed by atoms with E-state index < -0.39 is 17.4 Å². The lowest BCUT2D eigenvalue weighted by molar-refractivity contribution is -0.154. The molecular weight excluding hydrogens is 270 g/mol. The normalized spacial score (nSPS) is 36.7. The molecule has 1 spiro atoms. The highest BCUT2D eigenvalue weighted by Gasteiger charge is 2.67. The summed E-state index contributed by atoms with van der Waals surface area (Å²) in [6.45, 7) is 6.98. The van der Waals surface area contributed by atoms with Crippen LogP contribution in [0.4, 0.5) is 0 Å². The van der Waals surface area contributed by atoms with Crippen LogP contribution < -0.4 is 0 Å². The lowest BCUT2D eigenvalue weighted by atomic mass is 9.77. The smallest absolute Gasteiger partial charge is 0.312 e. The number of esters is 1. The second-order valence-corrected chi connectivity index (χ2v) is 6.48. The zero-order chi connectivity index (χ0) is 15.2. The minimum Gasteiger partial charge on any atom is -0.465 e. The molecule has 3 aliphatic rings. The van der Waals surface area contributed by atoms with Crippen LogP contribution >= 0.6 is 0 Å². The zero-order valence-corrected chi connectivity index (χ0v) is 12.9. The van der Waals surface area contributed by atoms with E-state index in [0.717, 1.165) is 12.8 Å². The average molecular weight is 293 g/mol. The Morgan fingerprint density at radius 3 is 3.00 bits per heavy atom. The number of fused-ring (bicyclic) bond motifs is 1. The molecule has 2 saturated heterocycles. The van der Waals surface area contributed by atoms with Crippen molar-refractivity contribution in [1.82, 2.24) is 4.90 Å². The number of unbranched alkanes of at least 4 members (excludes halogenated alkanes) is 1. The van der Waals surface area contributed by atoms with Gasteiger partial charge in [0.25, 0.3) is 0 Å². The quantitative estimate of drug-likeness (QED) is 0.438. The predicted molar refractivity (Wildman–Crippen MR) is 76.4 cm³/mol. The maximum Gasteiger partial charge on any atom is 0.312 e. The van der Waals surface area contributed by atoms with E-state index in [1.807, 2.05) is 37.8 Å². The molecule has 116 valence electrons. The fourth-order valence-electron chi connectivity index (χ4n) is 3.65. The SMILES string of the molecule is CCCCOC(=O)[C@H]1[C@H]2C(=O)N(C(C)C)C[C@@]23C=C[C@H]1O3. The molecule has 3 aliphatic heterocycles. The van der Waals surface area contributed by atoms with E-state index in [1.165, 1.54) is 0 Å². The Labute approximate surface area is 125 Å². The van der Waals surface area contributed by atoms with Crippen LogP contribution in [-0.4, -0.2) is 47.7 Å². The summed E-state index contributed by atoms with van der Waals surface area (Å²) in [6.07, 6.45) is 5.41. The fraction of sp³-hybridized carbons (Fsp3) is 0.750. The van der Waals surface area contributed by atoms with Crippen molar-refractivity contribution in [3.8, 4) is 0 Å². The van der Waals surface area contributed by atoms with Crippen LogP contribution in [0.25, 0.3) is 0 Å². The van der Waals surface area contributed by atoms with E-state index in [1.54, 1.807) is 0 Å². The van der Waals surface area contributed by atoms with Gasteiger partial charge in [-0.25, -0.2) is 0 Å². The van der Waals surface area contributed by atoms with Gasteiger partial charge in [-0.3, -0.25) is 9.59 Å². The maximum atomic E-state index is 12.7. The maximum absolute atomic E-state index is 12.7. The molecule has 3 rings (SSSR count). The fourth-order valence-corrected chi connectivity index (χ4v) is 3.65. The van der Waals surface area contributed by atoms with Crippen LogP contribution in [0.15, 0.2) is 12.2 Å². The first-order valence-corrected chi connectivity index (χ1v) is 7.84. The summed E-state index contributed by atoms with van der Waals surface area (Å²) >= 11 is 0. The van der Waals surface area contributed by atoms with Gasteiger partial charge >= 0.3 is 5.97 Å². The Hall–Kier alpha value is -1.36. The highest BCUT2D eigenvalue weighted by atomic mass is 16.6. The molecule has 0 saturated carbocycles. The molecule has 21 heavy (non-hydrogen) atoms. The van der Waals surface area contributed by atoms with Gasteiger partial charge in [0, 0.05) is 6.04 Å². The second-order valence-electron chi connectivity index (χ2n) is 6.48. The molecule has 4 atom stereocenters. The van der Waals surface area contributed by atoms with Gasteiger partial charge in [-0.15, -0.1) is 0 Å². The van der Waals surface area contributed by atoms with Crippen LogP contribution in [0, 0.1) is 11.8 Å². The van der Waals surface area contributed by atoms with Gasteiger partial charge in [-0.2, -0.15) is 0 Å². The van der Waals surface area contributed by atoms with Gasteiger partial charge in [-0.1, -0.05) is 25.5 Å². The number of ether oxygens (including phenoxy) is 2. The van der Waals surface area contributed by atoms with Crippen LogP contribution in [0.3, 0.4) is 0 Å². The van der Waals surface area contributed by atoms with Gasteiger partial charge in [-0.05, 0) is 20.3 Å². The number of hydrogen-bond acceptors (Lipinski definition) is 4. The first-order valence-electron chi connectivity index (χ1n) is 7.84. The van der Waals surface area contributed by atoms with E-state index >= 15 is 0 Å². The summed E-state index contributed by atoms with van der Waals surface area (Å²) in [6, 6.07) is 0.116. The standard InChI is InChI=1S/C16H23NO4/c1-4-5-8-20-15(19)12-11-6-7-16(21-11)9-17(10(2)3)14(18)13(12)16/h6-7,10-13H,4-5,8-9H2,1-3H3/t11-,12-,13+,16+/m1/s1. The molecule has 0 aromatic heterocycles. The van der Waals surface area contributed by atoms with Crippen molar-refractivity contribution in [3.05, 3.63) is 12.2 Å². The number of amides is 1. The summed E-state index contributed by atoms with van der Waals surface area (Å²) in [5.74, 6) is -1.16. The predicted octanol–water partition coefficient (Wildman–Crippen LogP) is 1.52. The lowest BCUT2D eigenvalue weighted by Gasteiger charge is -2.24. The Kier molecular flexibility index (Phi) is 3.56. The monoisotopic (exact) mass is 293 g/mol. The Balaban J connectivity index is 1.79. The Bertz CT molecular complexity index is 487. The molecule has 0 unspecified atom stereocenters. The van der Waals surface area contributed by atoms with Crippen molar-refractivity contribution in [2.24, 2.45) is 11.8 Å². The molecule has 3 heterocycles. The van der Waals surface area contributed by atoms with Gasteiger partial charge < -0.3 is 14.4 Å². The molecule has 1 amide bonds. The van der Waals surface area contributed by atoms with Crippen molar-refractivity contribution < 1.29 is 19.1 Å². The Morgan fingerprint density at radius 2 is 2.33 bits per heavy atom. The van der Waals surface area contributed by atoms with Crippen LogP contribution in [0.5, 0.6) is 0 Å². The van der Waals surface area contributed by atoms with E-state index in [9.17, 15) is 9.59 Å². The van der Waals surface area contributed by atoms with E-state index in [4.69, 9.17) is 9.47 Å². The highest BCUT2D eigenvalue weighted by molar-refractivity contribution is 5.91. The number of nitrogens with zero attached hydrogens (tertiary/aromatic N) is 1. The van der Waals surface area contributed by atoms with Crippen molar-refractivity contribution in [2.75, 3.05) is 13.2 Å². The molecule has 5 nitrogen and oxygen atoms in total. The largest absolute Gasteiger partial charge is 0.465 e. The molecule has 2 fully saturated rings. The summed E-state index contributed by atoms with van der Waals surface area (Å²) in [4.78, 5) is 26.8. The van der Waals surface area contributed by atoms with Crippen molar-refractivity contribution >= 4 is 11.9 Å². The lowest BCUT2D eigenvalue weighted by Crippen LogP contribution is -2.40. The van der Waals surface area contributed by atoms with Crippen molar-refractivity contribution in [1.29, 1.82) is 0 Å². The molecule has 0 aliphatic carbocycles. The highest BCUT2D eigenvalue weighted by Crippen LogP contribution is 2.52. The van der Waals surface area contributed by atoms with Gasteiger partial charge in [0.2, 0.25) is 5.91 Å². The van der Waals surface area contributed by atoms with E-state index in [0.29, 0.717) is 13.2 Å². The summed E-state index contributed by atoms with van der Waals surface area (Å²) in [5.41, 5.74) is -0.611. The minimum absolute atomic E-state index is 0.0225. The molecule has 0 aromatic carbocycles. The molecular formula is C16H23NO4. The topological polar surface area (TPSA) is 55.8 Å². The number of carbonyl (C=O) groups excluding carboxylic acids is 2. The molecule has 0 radical (unpaired) electrons. The third kappa shape index (κ3) is 2.09. The van der Waals surface area contributed by atoms with Crippen molar-refractivity contribution in [3.63, 3.8) is 0 Å². The third-order valence-corrected chi connectivity index (χ3v) is 4.77. The number of rotatable bonds is 5. The van der Waals surface area contributed by atoms with E-state index in [2.05, 4.69) is 0 Å². The average Bonchev–Trinajstić information content (AvgIpc) is 3.07. The Morgan fingerprint density at radius 1 is 1.57 bits per heavy atom. The van der Waals surface area contributed by atoms with Gasteiger partial charge in [0.1, 0.15) is 11.5 Å². The number of carbonyl (C=O) groups is 2. The summed E-state index contributed by atoms with van der Waals surface area (Å²) in [5, 5.41) is 0. The summed E-state index contributed by atoms with van der Waals surface area (Å²) < 4.78 is 11.3. The zero-order valence-electron chi connectivity index (χ0n) is 12.9. The number of hydrogen-bond donors (Lipinski definition) is 0. The molecule has 0 aromatic rings. The molecule has 0 N–H and O–H groups in total. The van der Waals surface area contributed by atoms with E-state index in [-0.39, 0.29) is 24.0 Å². The molecule has 5 heteroatoms. The molecule has 2 bridgehead atoms. The van der Waals surface area contributed by atoms with Gasteiger partial charge in [0.15, 0.2) is 0 Å². The number of likely N-dealkylation sites (tertiary alicyclic amines) is 1. The summed E-state index contributed by atoms with van der Waals surface area (Å²) in [7, 11) is 0. The van der Waals surface area contributed by atoms with Crippen LogP contribution in [0.2, 0.25) is 0 Å².